The predicted octanol–water partition coefficient (Wildman–Crippen LogP) is -1.54. The highest BCUT2D eigenvalue weighted by atomic mass is 32.2. The molecule has 1 heterocycles. The van der Waals surface area contributed by atoms with E-state index in [-0.39, 0.29) is 19.3 Å². The zero-order chi connectivity index (χ0) is 25.0. The van der Waals surface area contributed by atoms with Gasteiger partial charge >= 0.3 is 11.9 Å². The van der Waals surface area contributed by atoms with Gasteiger partial charge in [-0.05, 0) is 31.8 Å². The molecule has 0 radical (unpaired) electrons. The summed E-state index contributed by atoms with van der Waals surface area (Å²) in [6, 6.07) is -4.48. The van der Waals surface area contributed by atoms with Gasteiger partial charge in [-0.2, -0.15) is 11.8 Å². The molecule has 14 heteroatoms. The lowest BCUT2D eigenvalue weighted by atomic mass is 10.1. The summed E-state index contributed by atoms with van der Waals surface area (Å²) in [6.45, 7) is 1.47. The smallest absolute Gasteiger partial charge is 0.326 e. The monoisotopic (exact) mass is 486 g/mol. The number of carbonyl (C=O) groups is 5. The van der Waals surface area contributed by atoms with Crippen LogP contribution in [0.3, 0.4) is 0 Å². The number of thioether (sulfide) groups is 1. The minimum absolute atomic E-state index is 0.0423. The Hall–Kier alpha value is -3.13. The predicted molar refractivity (Wildman–Crippen MR) is 119 cm³/mol. The maximum atomic E-state index is 12.9. The van der Waals surface area contributed by atoms with Crippen molar-refractivity contribution in [2.24, 2.45) is 5.73 Å². The third-order valence-electron chi connectivity index (χ3n) is 4.53. The molecule has 13 nitrogen and oxygen atoms in total. The summed E-state index contributed by atoms with van der Waals surface area (Å²) in [4.78, 5) is 66.7. The molecule has 0 aliphatic carbocycles. The van der Waals surface area contributed by atoms with Crippen molar-refractivity contribution in [2.75, 3.05) is 12.0 Å². The molecular weight excluding hydrogens is 456 g/mol. The van der Waals surface area contributed by atoms with E-state index in [0.29, 0.717) is 11.4 Å². The Labute approximate surface area is 194 Å². The molecule has 0 aliphatic heterocycles. The van der Waals surface area contributed by atoms with E-state index in [1.807, 2.05) is 6.26 Å². The fourth-order valence-corrected chi connectivity index (χ4v) is 3.17. The summed E-state index contributed by atoms with van der Waals surface area (Å²) in [6.07, 6.45) is 4.09. The number of aromatic nitrogens is 2. The van der Waals surface area contributed by atoms with E-state index in [9.17, 15) is 29.1 Å². The van der Waals surface area contributed by atoms with E-state index >= 15 is 0 Å². The Morgan fingerprint density at radius 2 is 1.64 bits per heavy atom. The number of H-pyrrole nitrogens is 1. The van der Waals surface area contributed by atoms with Crippen LogP contribution >= 0.6 is 11.8 Å². The number of nitrogens with zero attached hydrogens (tertiary/aromatic N) is 1. The number of aliphatic carboxylic acids is 2. The Balaban J connectivity index is 3.01. The number of amides is 3. The first-order valence-electron chi connectivity index (χ1n) is 10.1. The van der Waals surface area contributed by atoms with Crippen molar-refractivity contribution >= 4 is 41.4 Å². The van der Waals surface area contributed by atoms with Crippen molar-refractivity contribution in [1.82, 2.24) is 25.9 Å². The van der Waals surface area contributed by atoms with Crippen LogP contribution in [0.25, 0.3) is 0 Å². The normalized spacial score (nSPS) is 14.4. The zero-order valence-electron chi connectivity index (χ0n) is 18.4. The van der Waals surface area contributed by atoms with Gasteiger partial charge < -0.3 is 36.9 Å². The molecule has 1 rings (SSSR count). The highest BCUT2D eigenvalue weighted by Gasteiger charge is 2.30. The standard InChI is InChI=1S/C19H30N6O7S/c1-10(20)16(28)23-12(5-6-33-2)17(29)25-14(7-11-8-21-9-22-11)18(30)24-13(19(31)32)3-4-15(26)27/h8-10,12-14H,3-7,20H2,1-2H3,(H,21,22)(H,23,28)(H,24,30)(H,25,29)(H,26,27)(H,31,32). The lowest BCUT2D eigenvalue weighted by molar-refractivity contribution is -0.143. The van der Waals surface area contributed by atoms with Crippen LogP contribution in [0, 0.1) is 0 Å². The molecule has 0 aromatic carbocycles. The number of carbonyl (C=O) groups excluding carboxylic acids is 3. The van der Waals surface area contributed by atoms with E-state index in [2.05, 4.69) is 25.9 Å². The Morgan fingerprint density at radius 3 is 2.15 bits per heavy atom. The van der Waals surface area contributed by atoms with Crippen LogP contribution in [0.4, 0.5) is 0 Å². The van der Waals surface area contributed by atoms with Gasteiger partial charge in [-0.1, -0.05) is 0 Å². The van der Waals surface area contributed by atoms with Gasteiger partial charge in [0.1, 0.15) is 18.1 Å². The Morgan fingerprint density at radius 1 is 1.03 bits per heavy atom. The fraction of sp³-hybridized carbons (Fsp3) is 0.579. The van der Waals surface area contributed by atoms with Gasteiger partial charge in [-0.15, -0.1) is 0 Å². The third kappa shape index (κ3) is 10.4. The van der Waals surface area contributed by atoms with Gasteiger partial charge in [0.05, 0.1) is 12.4 Å². The van der Waals surface area contributed by atoms with Crippen LogP contribution in [-0.2, 0) is 30.4 Å². The van der Waals surface area contributed by atoms with Gasteiger partial charge in [0.15, 0.2) is 0 Å². The molecule has 4 unspecified atom stereocenters. The van der Waals surface area contributed by atoms with Gasteiger partial charge in [-0.25, -0.2) is 9.78 Å². The van der Waals surface area contributed by atoms with Crippen LogP contribution in [0.1, 0.15) is 31.9 Å². The molecule has 0 aliphatic rings. The van der Waals surface area contributed by atoms with Gasteiger partial charge in [-0.3, -0.25) is 19.2 Å². The Bertz CT molecular complexity index is 818. The minimum atomic E-state index is -1.46. The molecule has 0 saturated heterocycles. The maximum absolute atomic E-state index is 12.9. The number of hydrogen-bond donors (Lipinski definition) is 7. The second-order valence-electron chi connectivity index (χ2n) is 7.31. The summed E-state index contributed by atoms with van der Waals surface area (Å²) >= 11 is 1.46. The van der Waals surface area contributed by atoms with E-state index in [1.165, 1.54) is 31.2 Å². The van der Waals surface area contributed by atoms with Gasteiger partial charge in [0, 0.05) is 24.7 Å². The first kappa shape index (κ1) is 27.9. The number of nitrogens with one attached hydrogen (secondary N) is 4. The third-order valence-corrected chi connectivity index (χ3v) is 5.17. The molecule has 1 aromatic rings. The van der Waals surface area contributed by atoms with Crippen molar-refractivity contribution in [3.05, 3.63) is 18.2 Å². The van der Waals surface area contributed by atoms with Crippen molar-refractivity contribution in [3.63, 3.8) is 0 Å². The second-order valence-corrected chi connectivity index (χ2v) is 8.29. The first-order chi connectivity index (χ1) is 15.5. The fourth-order valence-electron chi connectivity index (χ4n) is 2.70. The number of imidazole rings is 1. The van der Waals surface area contributed by atoms with E-state index in [1.54, 1.807) is 0 Å². The summed E-state index contributed by atoms with van der Waals surface area (Å²) < 4.78 is 0. The molecule has 0 fully saturated rings. The summed E-state index contributed by atoms with van der Waals surface area (Å²) in [5.41, 5.74) is 6.06. The second kappa shape index (κ2) is 14.1. The number of carboxylic acid groups (broad SMARTS) is 2. The first-order valence-corrected chi connectivity index (χ1v) is 11.5. The van der Waals surface area contributed by atoms with Gasteiger partial charge in [0.25, 0.3) is 0 Å². The summed E-state index contributed by atoms with van der Waals surface area (Å²) in [7, 11) is 0. The van der Waals surface area contributed by atoms with Crippen molar-refractivity contribution in [1.29, 1.82) is 0 Å². The van der Waals surface area contributed by atoms with E-state index in [4.69, 9.17) is 10.8 Å². The molecule has 33 heavy (non-hydrogen) atoms. The topological polar surface area (TPSA) is 217 Å². The zero-order valence-corrected chi connectivity index (χ0v) is 19.2. The minimum Gasteiger partial charge on any atom is -0.481 e. The highest BCUT2D eigenvalue weighted by molar-refractivity contribution is 7.98. The van der Waals surface area contributed by atoms with E-state index < -0.39 is 60.2 Å². The molecule has 4 atom stereocenters. The molecule has 0 saturated carbocycles. The number of aromatic amines is 1. The number of carboxylic acids is 2. The number of nitrogens with two attached hydrogens (primary N) is 1. The molecular formula is C19H30N6O7S. The largest absolute Gasteiger partial charge is 0.481 e. The Kier molecular flexibility index (Phi) is 11.9. The average molecular weight is 487 g/mol. The molecule has 0 bridgehead atoms. The van der Waals surface area contributed by atoms with Crippen LogP contribution in [0.2, 0.25) is 0 Å². The lowest BCUT2D eigenvalue weighted by Gasteiger charge is -2.24. The highest BCUT2D eigenvalue weighted by Crippen LogP contribution is 2.06. The molecule has 1 aromatic heterocycles. The van der Waals surface area contributed by atoms with Crippen molar-refractivity contribution in [3.8, 4) is 0 Å². The van der Waals surface area contributed by atoms with Crippen LogP contribution in [-0.4, -0.2) is 86.0 Å². The molecule has 0 spiro atoms. The number of hydrogen-bond acceptors (Lipinski definition) is 8. The SMILES string of the molecule is CSCCC(NC(=O)C(C)N)C(=O)NC(Cc1cnc[nH]1)C(=O)NC(CCC(=O)O)C(=O)O. The van der Waals surface area contributed by atoms with Gasteiger partial charge in [0.2, 0.25) is 17.7 Å². The lowest BCUT2D eigenvalue weighted by Crippen LogP contribution is -2.57. The van der Waals surface area contributed by atoms with Crippen LogP contribution in [0.5, 0.6) is 0 Å². The van der Waals surface area contributed by atoms with Crippen molar-refractivity contribution in [2.45, 2.75) is 56.8 Å². The average Bonchev–Trinajstić information content (AvgIpc) is 3.25. The molecule has 3 amide bonds. The number of rotatable bonds is 15. The quantitative estimate of drug-likeness (QED) is 0.151. The summed E-state index contributed by atoms with van der Waals surface area (Å²) in [5, 5.41) is 25.5. The van der Waals surface area contributed by atoms with Crippen LogP contribution < -0.4 is 21.7 Å². The summed E-state index contributed by atoms with van der Waals surface area (Å²) in [5.74, 6) is -4.07. The molecule has 184 valence electrons. The van der Waals surface area contributed by atoms with Crippen LogP contribution in [0.15, 0.2) is 12.5 Å². The molecule has 8 N–H and O–H groups in total. The van der Waals surface area contributed by atoms with E-state index in [0.717, 1.165) is 0 Å². The maximum Gasteiger partial charge on any atom is 0.326 e. The van der Waals surface area contributed by atoms with Crippen molar-refractivity contribution < 1.29 is 34.2 Å².